The molecule has 0 N–H and O–H groups in total. The van der Waals surface area contributed by atoms with E-state index >= 15 is 0 Å². The Morgan fingerprint density at radius 1 is 1.03 bits per heavy atom. The predicted octanol–water partition coefficient (Wildman–Crippen LogP) is 4.30. The molecule has 0 bridgehead atoms. The highest BCUT2D eigenvalue weighted by Gasteiger charge is 2.38. The molecule has 1 atom stereocenters. The zero-order valence-corrected chi connectivity index (χ0v) is 20.0. The molecule has 0 spiro atoms. The Balaban J connectivity index is 1.33. The predicted molar refractivity (Wildman–Crippen MR) is 131 cm³/mol. The fraction of sp³-hybridized carbons (Fsp3) is 0.333. The van der Waals surface area contributed by atoms with Crippen LogP contribution in [0.1, 0.15) is 34.9 Å². The highest BCUT2D eigenvalue weighted by Crippen LogP contribution is 2.38. The molecule has 2 aromatic carbocycles. The first kappa shape index (κ1) is 22.5. The third-order valence-electron chi connectivity index (χ3n) is 6.44. The van der Waals surface area contributed by atoms with E-state index in [1.807, 2.05) is 59.5 Å². The van der Waals surface area contributed by atoms with Gasteiger partial charge in [0.1, 0.15) is 18.0 Å². The molecule has 1 aliphatic carbocycles. The number of rotatable bonds is 8. The molecule has 3 aromatic rings. The molecule has 2 amide bonds. The third kappa shape index (κ3) is 4.80. The number of carbonyl (C=O) groups excluding carboxylic acids is 2. The molecule has 6 nitrogen and oxygen atoms in total. The Bertz CT molecular complexity index is 1140. The van der Waals surface area contributed by atoms with Crippen LogP contribution in [-0.2, 0) is 16.0 Å². The van der Waals surface area contributed by atoms with Crippen molar-refractivity contribution in [3.05, 3.63) is 82.0 Å². The second-order valence-corrected chi connectivity index (χ2v) is 9.67. The average Bonchev–Trinajstić information content (AvgIpc) is 3.61. The summed E-state index contributed by atoms with van der Waals surface area (Å²) >= 11 is 1.74. The number of fused-ring (bicyclic) bond motifs is 1. The highest BCUT2D eigenvalue weighted by molar-refractivity contribution is 7.10. The molecule has 1 aliphatic heterocycles. The number of hydrogen-bond acceptors (Lipinski definition) is 5. The van der Waals surface area contributed by atoms with Crippen molar-refractivity contribution in [3.63, 3.8) is 0 Å². The van der Waals surface area contributed by atoms with E-state index in [1.54, 1.807) is 23.3 Å². The molecule has 34 heavy (non-hydrogen) atoms. The Hall–Kier alpha value is -3.32. The molecular weight excluding hydrogens is 448 g/mol. The van der Waals surface area contributed by atoms with Crippen LogP contribution in [0.2, 0.25) is 0 Å². The van der Waals surface area contributed by atoms with Crippen molar-refractivity contribution in [3.8, 4) is 11.5 Å². The summed E-state index contributed by atoms with van der Waals surface area (Å²) in [7, 11) is 1.65. The van der Waals surface area contributed by atoms with E-state index in [1.165, 1.54) is 10.4 Å². The Kier molecular flexibility index (Phi) is 6.54. The topological polar surface area (TPSA) is 59.1 Å². The lowest BCUT2D eigenvalue weighted by atomic mass is 9.93. The van der Waals surface area contributed by atoms with Crippen LogP contribution in [0.15, 0.2) is 66.0 Å². The van der Waals surface area contributed by atoms with Crippen LogP contribution < -0.4 is 9.47 Å². The van der Waals surface area contributed by atoms with Gasteiger partial charge in [-0.05, 0) is 66.1 Å². The van der Waals surface area contributed by atoms with E-state index in [4.69, 9.17) is 9.47 Å². The summed E-state index contributed by atoms with van der Waals surface area (Å²) in [6, 6.07) is 19.3. The first-order valence-corrected chi connectivity index (χ1v) is 12.5. The normalized spacial score (nSPS) is 17.1. The zero-order chi connectivity index (χ0) is 23.5. The summed E-state index contributed by atoms with van der Waals surface area (Å²) in [6.07, 6.45) is 2.70. The number of hydrogen-bond donors (Lipinski definition) is 0. The van der Waals surface area contributed by atoms with Gasteiger partial charge in [0.05, 0.1) is 13.2 Å². The molecule has 7 heteroatoms. The van der Waals surface area contributed by atoms with Gasteiger partial charge in [0, 0.05) is 17.5 Å². The van der Waals surface area contributed by atoms with Gasteiger partial charge in [-0.3, -0.25) is 9.59 Å². The van der Waals surface area contributed by atoms with Gasteiger partial charge in [0.25, 0.3) is 5.91 Å². The lowest BCUT2D eigenvalue weighted by Gasteiger charge is -2.37. The lowest BCUT2D eigenvalue weighted by molar-refractivity contribution is -0.143. The molecule has 2 aliphatic rings. The quantitative estimate of drug-likeness (QED) is 0.486. The van der Waals surface area contributed by atoms with Crippen LogP contribution in [0.3, 0.4) is 0 Å². The van der Waals surface area contributed by atoms with Crippen molar-refractivity contribution in [2.75, 3.05) is 26.8 Å². The average molecular weight is 477 g/mol. The van der Waals surface area contributed by atoms with E-state index in [-0.39, 0.29) is 37.0 Å². The van der Waals surface area contributed by atoms with Crippen molar-refractivity contribution >= 4 is 23.2 Å². The first-order valence-electron chi connectivity index (χ1n) is 11.6. The number of carbonyl (C=O) groups is 2. The molecule has 1 fully saturated rings. The van der Waals surface area contributed by atoms with Crippen molar-refractivity contribution in [1.82, 2.24) is 9.80 Å². The van der Waals surface area contributed by atoms with E-state index in [9.17, 15) is 9.59 Å². The smallest absolute Gasteiger partial charge is 0.261 e. The maximum atomic E-state index is 13.6. The molecule has 0 saturated heterocycles. The SMILES string of the molecule is COc1ccc(C2c3ccsc3CCN2C(=O)CN(C(=O)COc2ccccc2)C2CC2)cc1. The second kappa shape index (κ2) is 9.89. The van der Waals surface area contributed by atoms with Crippen LogP contribution in [0.5, 0.6) is 11.5 Å². The fourth-order valence-electron chi connectivity index (χ4n) is 4.52. The Morgan fingerprint density at radius 3 is 2.50 bits per heavy atom. The fourth-order valence-corrected chi connectivity index (χ4v) is 5.42. The Morgan fingerprint density at radius 2 is 1.79 bits per heavy atom. The number of ether oxygens (including phenoxy) is 2. The zero-order valence-electron chi connectivity index (χ0n) is 19.2. The molecule has 2 heterocycles. The number of para-hydroxylation sites is 1. The van der Waals surface area contributed by atoms with Crippen molar-refractivity contribution < 1.29 is 19.1 Å². The Labute approximate surface area is 203 Å². The summed E-state index contributed by atoms with van der Waals surface area (Å²) in [6.45, 7) is 0.647. The van der Waals surface area contributed by atoms with Crippen LogP contribution in [0.25, 0.3) is 0 Å². The van der Waals surface area contributed by atoms with Gasteiger partial charge >= 0.3 is 0 Å². The van der Waals surface area contributed by atoms with E-state index in [2.05, 4.69) is 11.4 Å². The molecule has 0 radical (unpaired) electrons. The minimum atomic E-state index is -0.162. The van der Waals surface area contributed by atoms with Gasteiger partial charge in [-0.1, -0.05) is 30.3 Å². The number of nitrogens with zero attached hydrogens (tertiary/aromatic N) is 2. The minimum Gasteiger partial charge on any atom is -0.497 e. The molecule has 5 rings (SSSR count). The third-order valence-corrected chi connectivity index (χ3v) is 7.43. The van der Waals surface area contributed by atoms with Crippen LogP contribution in [-0.4, -0.2) is 54.5 Å². The van der Waals surface area contributed by atoms with Gasteiger partial charge in [0.15, 0.2) is 6.61 Å². The van der Waals surface area contributed by atoms with Crippen molar-refractivity contribution in [2.24, 2.45) is 0 Å². The summed E-state index contributed by atoms with van der Waals surface area (Å²) in [4.78, 5) is 31.6. The largest absolute Gasteiger partial charge is 0.497 e. The summed E-state index contributed by atoms with van der Waals surface area (Å²) in [5.74, 6) is 1.26. The number of amides is 2. The number of benzene rings is 2. The minimum absolute atomic E-state index is 0.0300. The standard InChI is InChI=1S/C27H28N2O4S/c1-32-21-11-7-19(8-12-21)27-23-14-16-34-24(23)13-15-28(27)25(30)17-29(20-9-10-20)26(31)18-33-22-5-3-2-4-6-22/h2-8,11-12,14,16,20,27H,9-10,13,15,17-18H2,1H3. The summed E-state index contributed by atoms with van der Waals surface area (Å²) < 4.78 is 11.0. The van der Waals surface area contributed by atoms with E-state index in [0.717, 1.165) is 30.6 Å². The molecular formula is C27H28N2O4S. The van der Waals surface area contributed by atoms with Crippen molar-refractivity contribution in [1.29, 1.82) is 0 Å². The maximum Gasteiger partial charge on any atom is 0.261 e. The molecule has 176 valence electrons. The van der Waals surface area contributed by atoms with Gasteiger partial charge in [0.2, 0.25) is 5.91 Å². The summed E-state index contributed by atoms with van der Waals surface area (Å²) in [5, 5.41) is 2.09. The van der Waals surface area contributed by atoms with Gasteiger partial charge in [-0.15, -0.1) is 11.3 Å². The van der Waals surface area contributed by atoms with Crippen LogP contribution >= 0.6 is 11.3 Å². The number of methoxy groups -OCH3 is 1. The van der Waals surface area contributed by atoms with Gasteiger partial charge in [-0.2, -0.15) is 0 Å². The highest BCUT2D eigenvalue weighted by atomic mass is 32.1. The summed E-state index contributed by atoms with van der Waals surface area (Å²) in [5.41, 5.74) is 2.22. The second-order valence-electron chi connectivity index (χ2n) is 8.67. The van der Waals surface area contributed by atoms with Crippen LogP contribution in [0, 0.1) is 0 Å². The number of thiophene rings is 1. The van der Waals surface area contributed by atoms with Crippen molar-refractivity contribution in [2.45, 2.75) is 31.3 Å². The molecule has 1 unspecified atom stereocenters. The first-order chi connectivity index (χ1) is 16.6. The van der Waals surface area contributed by atoms with Gasteiger partial charge < -0.3 is 19.3 Å². The molecule has 1 saturated carbocycles. The molecule has 1 aromatic heterocycles. The van der Waals surface area contributed by atoms with E-state index in [0.29, 0.717) is 12.3 Å². The van der Waals surface area contributed by atoms with Gasteiger partial charge in [-0.25, -0.2) is 0 Å². The lowest BCUT2D eigenvalue weighted by Crippen LogP contribution is -2.48. The maximum absolute atomic E-state index is 13.6. The van der Waals surface area contributed by atoms with Crippen LogP contribution in [0.4, 0.5) is 0 Å². The monoisotopic (exact) mass is 476 g/mol. The van der Waals surface area contributed by atoms with E-state index < -0.39 is 0 Å².